The number of nitrogens with one attached hydrogen (secondary N) is 2. The van der Waals surface area contributed by atoms with E-state index in [1.807, 2.05) is 29.9 Å². The number of aryl methyl sites for hydroxylation is 1. The Kier molecular flexibility index (Phi) is 9.54. The minimum atomic E-state index is -0.354. The molecule has 0 saturated carbocycles. The summed E-state index contributed by atoms with van der Waals surface area (Å²) in [6.45, 7) is 4.41. The Bertz CT molecular complexity index is 708. The fourth-order valence-electron chi connectivity index (χ4n) is 2.15. The largest absolute Gasteiger partial charge is 0.357 e. The molecule has 8 heteroatoms. The van der Waals surface area contributed by atoms with Gasteiger partial charge in [0.15, 0.2) is 5.96 Å². The van der Waals surface area contributed by atoms with Crippen molar-refractivity contribution in [2.24, 2.45) is 4.99 Å². The van der Waals surface area contributed by atoms with Crippen LogP contribution in [-0.4, -0.2) is 28.8 Å². The fraction of sp³-hybridized carbons (Fsp3) is 0.353. The molecule has 0 atom stereocenters. The van der Waals surface area contributed by atoms with Gasteiger partial charge in [-0.05, 0) is 37.6 Å². The molecule has 2 rings (SSSR count). The zero-order valence-electron chi connectivity index (χ0n) is 14.1. The molecule has 2 N–H and O–H groups in total. The Hall–Kier alpha value is -2.15. The Morgan fingerprint density at radius 3 is 2.92 bits per heavy atom. The van der Waals surface area contributed by atoms with Gasteiger partial charge in [0.2, 0.25) is 0 Å². The Labute approximate surface area is 164 Å². The molecule has 1 aromatic heterocycles. The van der Waals surface area contributed by atoms with E-state index in [1.165, 1.54) is 18.2 Å². The molecular formula is C17H22FIN6. The molecule has 134 valence electrons. The summed E-state index contributed by atoms with van der Waals surface area (Å²) in [4.78, 5) is 4.38. The summed E-state index contributed by atoms with van der Waals surface area (Å²) < 4.78 is 15.6. The number of guanidine groups is 1. The molecule has 1 aromatic carbocycles. The molecule has 0 aliphatic rings. The van der Waals surface area contributed by atoms with E-state index in [0.717, 1.165) is 19.5 Å². The molecule has 0 aliphatic heterocycles. The maximum atomic E-state index is 13.8. The van der Waals surface area contributed by atoms with Crippen LogP contribution in [-0.2, 0) is 13.1 Å². The second-order valence-corrected chi connectivity index (χ2v) is 5.16. The maximum Gasteiger partial charge on any atom is 0.191 e. The zero-order valence-corrected chi connectivity index (χ0v) is 16.4. The van der Waals surface area contributed by atoms with E-state index in [0.29, 0.717) is 23.6 Å². The molecule has 0 amide bonds. The molecule has 0 saturated heterocycles. The van der Waals surface area contributed by atoms with Crippen LogP contribution in [0.2, 0.25) is 0 Å². The van der Waals surface area contributed by atoms with Gasteiger partial charge in [0.05, 0.1) is 18.2 Å². The first-order valence-electron chi connectivity index (χ1n) is 7.91. The second kappa shape index (κ2) is 11.4. The maximum absolute atomic E-state index is 13.8. The van der Waals surface area contributed by atoms with Crippen LogP contribution in [0.15, 0.2) is 41.7 Å². The van der Waals surface area contributed by atoms with Crippen molar-refractivity contribution in [2.75, 3.05) is 13.1 Å². The molecule has 0 fully saturated rings. The molecule has 0 bridgehead atoms. The van der Waals surface area contributed by atoms with Crippen molar-refractivity contribution in [1.29, 1.82) is 5.26 Å². The molecule has 0 spiro atoms. The standard InChI is InChI=1S/C17H21FN6.HI/c1-2-20-17(21-7-3-9-24-10-4-8-23-24)22-13-15-11-14(12-19)5-6-16(15)18;/h4-6,8,10-11H,2-3,7,9,13H2,1H3,(H2,20,21,22);1H. The van der Waals surface area contributed by atoms with Crippen LogP contribution < -0.4 is 10.6 Å². The number of aliphatic imine (C=N–C) groups is 1. The van der Waals surface area contributed by atoms with Gasteiger partial charge in [-0.15, -0.1) is 24.0 Å². The first-order valence-corrected chi connectivity index (χ1v) is 7.91. The Morgan fingerprint density at radius 1 is 1.40 bits per heavy atom. The number of rotatable bonds is 7. The van der Waals surface area contributed by atoms with Crippen LogP contribution in [0.3, 0.4) is 0 Å². The number of halogens is 2. The highest BCUT2D eigenvalue weighted by molar-refractivity contribution is 14.0. The van der Waals surface area contributed by atoms with E-state index < -0.39 is 0 Å². The minimum absolute atomic E-state index is 0. The fourth-order valence-corrected chi connectivity index (χ4v) is 2.15. The van der Waals surface area contributed by atoms with Crippen molar-refractivity contribution >= 4 is 29.9 Å². The van der Waals surface area contributed by atoms with Crippen LogP contribution in [0.25, 0.3) is 0 Å². The zero-order chi connectivity index (χ0) is 17.2. The minimum Gasteiger partial charge on any atom is -0.357 e. The van der Waals surface area contributed by atoms with Crippen molar-refractivity contribution in [2.45, 2.75) is 26.4 Å². The molecule has 0 aliphatic carbocycles. The number of benzene rings is 1. The quantitative estimate of drug-likeness (QED) is 0.291. The van der Waals surface area contributed by atoms with E-state index in [2.05, 4.69) is 20.7 Å². The number of nitriles is 1. The van der Waals surface area contributed by atoms with Crippen molar-refractivity contribution < 1.29 is 4.39 Å². The first-order chi connectivity index (χ1) is 11.7. The van der Waals surface area contributed by atoms with Gasteiger partial charge >= 0.3 is 0 Å². The number of hydrogen-bond donors (Lipinski definition) is 2. The van der Waals surface area contributed by atoms with Gasteiger partial charge in [-0.25, -0.2) is 9.38 Å². The lowest BCUT2D eigenvalue weighted by Gasteiger charge is -2.11. The summed E-state index contributed by atoms with van der Waals surface area (Å²) in [6, 6.07) is 8.19. The summed E-state index contributed by atoms with van der Waals surface area (Å²) in [5, 5.41) is 19.4. The van der Waals surface area contributed by atoms with Gasteiger partial charge in [-0.2, -0.15) is 10.4 Å². The summed E-state index contributed by atoms with van der Waals surface area (Å²) in [5.41, 5.74) is 0.835. The molecule has 25 heavy (non-hydrogen) atoms. The number of nitrogens with zero attached hydrogens (tertiary/aromatic N) is 4. The Morgan fingerprint density at radius 2 is 2.24 bits per heavy atom. The normalized spacial score (nSPS) is 10.7. The van der Waals surface area contributed by atoms with Crippen LogP contribution in [0, 0.1) is 17.1 Å². The van der Waals surface area contributed by atoms with E-state index in [4.69, 9.17) is 5.26 Å². The van der Waals surface area contributed by atoms with E-state index >= 15 is 0 Å². The van der Waals surface area contributed by atoms with Crippen molar-refractivity contribution in [3.05, 3.63) is 53.6 Å². The molecule has 2 aromatic rings. The summed E-state index contributed by atoms with van der Waals surface area (Å²) in [7, 11) is 0. The van der Waals surface area contributed by atoms with Gasteiger partial charge in [-0.3, -0.25) is 4.68 Å². The third-order valence-corrected chi connectivity index (χ3v) is 3.34. The van der Waals surface area contributed by atoms with Gasteiger partial charge in [0.1, 0.15) is 5.82 Å². The SMILES string of the molecule is CCNC(=NCc1cc(C#N)ccc1F)NCCCn1cccn1.I. The van der Waals surface area contributed by atoms with Gasteiger partial charge in [-0.1, -0.05) is 0 Å². The Balaban J connectivity index is 0.00000312. The molecule has 0 unspecified atom stereocenters. The third kappa shape index (κ3) is 7.09. The van der Waals surface area contributed by atoms with Crippen LogP contribution in [0.4, 0.5) is 4.39 Å². The van der Waals surface area contributed by atoms with Crippen molar-refractivity contribution in [1.82, 2.24) is 20.4 Å². The smallest absolute Gasteiger partial charge is 0.191 e. The van der Waals surface area contributed by atoms with E-state index in [-0.39, 0.29) is 36.3 Å². The van der Waals surface area contributed by atoms with Crippen LogP contribution in [0.5, 0.6) is 0 Å². The highest BCUT2D eigenvalue weighted by atomic mass is 127. The van der Waals surface area contributed by atoms with Gasteiger partial charge < -0.3 is 10.6 Å². The topological polar surface area (TPSA) is 78.0 Å². The predicted molar refractivity (Wildman–Crippen MR) is 106 cm³/mol. The van der Waals surface area contributed by atoms with E-state index in [1.54, 1.807) is 6.20 Å². The highest BCUT2D eigenvalue weighted by Gasteiger charge is 2.04. The highest BCUT2D eigenvalue weighted by Crippen LogP contribution is 2.11. The average Bonchev–Trinajstić information content (AvgIpc) is 3.11. The molecular weight excluding hydrogens is 434 g/mol. The summed E-state index contributed by atoms with van der Waals surface area (Å²) in [6.07, 6.45) is 4.57. The van der Waals surface area contributed by atoms with Gasteiger partial charge in [0.25, 0.3) is 0 Å². The number of hydrogen-bond acceptors (Lipinski definition) is 3. The lowest BCUT2D eigenvalue weighted by Crippen LogP contribution is -2.38. The van der Waals surface area contributed by atoms with E-state index in [9.17, 15) is 4.39 Å². The molecule has 0 radical (unpaired) electrons. The first kappa shape index (κ1) is 20.9. The summed E-state index contributed by atoms with van der Waals surface area (Å²) in [5.74, 6) is 0.270. The molecule has 6 nitrogen and oxygen atoms in total. The van der Waals surface area contributed by atoms with Crippen molar-refractivity contribution in [3.63, 3.8) is 0 Å². The van der Waals surface area contributed by atoms with Gasteiger partial charge in [0, 0.05) is 37.6 Å². The molecule has 1 heterocycles. The predicted octanol–water partition coefficient (Wildman–Crippen LogP) is 2.66. The lowest BCUT2D eigenvalue weighted by atomic mass is 10.1. The monoisotopic (exact) mass is 456 g/mol. The number of aromatic nitrogens is 2. The van der Waals surface area contributed by atoms with Crippen LogP contribution in [0.1, 0.15) is 24.5 Å². The third-order valence-electron chi connectivity index (χ3n) is 3.34. The second-order valence-electron chi connectivity index (χ2n) is 5.16. The summed E-state index contributed by atoms with van der Waals surface area (Å²) >= 11 is 0. The average molecular weight is 456 g/mol. The lowest BCUT2D eigenvalue weighted by molar-refractivity contribution is 0.570. The van der Waals surface area contributed by atoms with Crippen molar-refractivity contribution in [3.8, 4) is 6.07 Å². The van der Waals surface area contributed by atoms with Crippen LogP contribution >= 0.6 is 24.0 Å².